The van der Waals surface area contributed by atoms with Crippen molar-refractivity contribution >= 4 is 45.8 Å². The van der Waals surface area contributed by atoms with E-state index in [1.165, 1.54) is 18.2 Å². The first kappa shape index (κ1) is 21.9. The molecule has 0 saturated heterocycles. The van der Waals surface area contributed by atoms with Crippen LogP contribution in [-0.2, 0) is 0 Å². The third-order valence-corrected chi connectivity index (χ3v) is 5.16. The zero-order valence-electron chi connectivity index (χ0n) is 17.8. The number of nitrogens with zero attached hydrogens (tertiary/aromatic N) is 3. The van der Waals surface area contributed by atoms with Gasteiger partial charge in [0.2, 0.25) is 5.89 Å². The van der Waals surface area contributed by atoms with Gasteiger partial charge < -0.3 is 14.2 Å². The summed E-state index contributed by atoms with van der Waals surface area (Å²) in [7, 11) is 0. The Labute approximate surface area is 202 Å². The number of anilines is 1. The van der Waals surface area contributed by atoms with Gasteiger partial charge in [-0.3, -0.25) is 20.2 Å². The van der Waals surface area contributed by atoms with Gasteiger partial charge >= 0.3 is 0 Å². The van der Waals surface area contributed by atoms with Gasteiger partial charge in [0.1, 0.15) is 5.76 Å². The maximum absolute atomic E-state index is 12.5. The summed E-state index contributed by atoms with van der Waals surface area (Å²) in [6, 6.07) is 19.7. The highest BCUT2D eigenvalue weighted by Gasteiger charge is 2.16. The van der Waals surface area contributed by atoms with Gasteiger partial charge in [-0.15, -0.1) is 0 Å². The number of pyridine rings is 1. The van der Waals surface area contributed by atoms with E-state index in [1.807, 2.05) is 0 Å². The minimum absolute atomic E-state index is 0.00979. The molecule has 0 aliphatic heterocycles. The smallest absolute Gasteiger partial charge is 0.293 e. The summed E-state index contributed by atoms with van der Waals surface area (Å²) in [5.41, 5.74) is 2.93. The van der Waals surface area contributed by atoms with Gasteiger partial charge in [0.05, 0.1) is 4.92 Å². The molecule has 0 radical (unpaired) electrons. The van der Waals surface area contributed by atoms with Gasteiger partial charge in [-0.25, -0.2) is 4.98 Å². The number of rotatable bonds is 5. The largest absolute Gasteiger partial charge is 0.451 e. The fraction of sp³-hybridized carbons (Fsp3) is 0. The van der Waals surface area contributed by atoms with Crippen LogP contribution in [0.3, 0.4) is 0 Å². The fourth-order valence-corrected chi connectivity index (χ4v) is 3.51. The summed E-state index contributed by atoms with van der Waals surface area (Å²) >= 11 is 5.23. The van der Waals surface area contributed by atoms with E-state index in [9.17, 15) is 14.9 Å². The van der Waals surface area contributed by atoms with Crippen LogP contribution in [0.5, 0.6) is 0 Å². The molecule has 3 aromatic heterocycles. The van der Waals surface area contributed by atoms with Crippen LogP contribution < -0.4 is 10.6 Å². The Morgan fingerprint density at radius 1 is 0.971 bits per heavy atom. The molecule has 10 nitrogen and oxygen atoms in total. The maximum Gasteiger partial charge on any atom is 0.293 e. The lowest BCUT2D eigenvalue weighted by molar-refractivity contribution is -0.384. The van der Waals surface area contributed by atoms with Gasteiger partial charge in [0.15, 0.2) is 22.1 Å². The molecule has 0 atom stereocenters. The van der Waals surface area contributed by atoms with Crippen LogP contribution in [0.4, 0.5) is 11.4 Å². The number of aromatic nitrogens is 2. The lowest BCUT2D eigenvalue weighted by Gasteiger charge is -2.09. The van der Waals surface area contributed by atoms with Crippen molar-refractivity contribution in [2.45, 2.75) is 0 Å². The molecule has 0 saturated carbocycles. The van der Waals surface area contributed by atoms with E-state index >= 15 is 0 Å². The minimum Gasteiger partial charge on any atom is -0.451 e. The number of hydrogen-bond donors (Lipinski definition) is 2. The van der Waals surface area contributed by atoms with Crippen molar-refractivity contribution in [1.29, 1.82) is 0 Å². The molecule has 2 aromatic carbocycles. The Balaban J connectivity index is 1.22. The number of oxazole rings is 1. The molecular formula is C24H15N5O5S. The van der Waals surface area contributed by atoms with Crippen molar-refractivity contribution in [2.24, 2.45) is 0 Å². The van der Waals surface area contributed by atoms with E-state index in [4.69, 9.17) is 21.1 Å². The molecule has 0 bridgehead atoms. The van der Waals surface area contributed by atoms with Crippen LogP contribution in [0.1, 0.15) is 10.6 Å². The van der Waals surface area contributed by atoms with E-state index in [0.717, 1.165) is 5.56 Å². The van der Waals surface area contributed by atoms with Crippen LogP contribution in [0.25, 0.3) is 34.0 Å². The van der Waals surface area contributed by atoms with Gasteiger partial charge in [-0.1, -0.05) is 12.1 Å². The number of non-ortho nitro benzene ring substituents is 1. The number of nitro groups is 1. The summed E-state index contributed by atoms with van der Waals surface area (Å²) < 4.78 is 11.3. The van der Waals surface area contributed by atoms with Crippen molar-refractivity contribution in [3.8, 4) is 22.8 Å². The van der Waals surface area contributed by atoms with Crippen molar-refractivity contribution in [2.75, 3.05) is 5.32 Å². The number of thiocarbonyl (C=S) groups is 1. The van der Waals surface area contributed by atoms with Gasteiger partial charge in [-0.2, -0.15) is 4.98 Å². The molecule has 0 aliphatic rings. The Morgan fingerprint density at radius 3 is 2.57 bits per heavy atom. The highest BCUT2D eigenvalue weighted by Crippen LogP contribution is 2.26. The number of furan rings is 1. The molecule has 0 aliphatic carbocycles. The normalized spacial score (nSPS) is 10.7. The van der Waals surface area contributed by atoms with Gasteiger partial charge in [0.25, 0.3) is 11.6 Å². The Hall–Kier alpha value is -4.90. The van der Waals surface area contributed by atoms with E-state index in [-0.39, 0.29) is 16.6 Å². The predicted molar refractivity (Wildman–Crippen MR) is 132 cm³/mol. The van der Waals surface area contributed by atoms with E-state index in [0.29, 0.717) is 34.1 Å². The van der Waals surface area contributed by atoms with E-state index < -0.39 is 10.8 Å². The lowest BCUT2D eigenvalue weighted by Crippen LogP contribution is -2.33. The molecule has 5 aromatic rings. The van der Waals surface area contributed by atoms with Crippen molar-refractivity contribution in [1.82, 2.24) is 15.3 Å². The molecule has 0 spiro atoms. The topological polar surface area (TPSA) is 136 Å². The lowest BCUT2D eigenvalue weighted by atomic mass is 10.1. The quantitative estimate of drug-likeness (QED) is 0.196. The molecule has 2 N–H and O–H groups in total. The minimum atomic E-state index is -0.560. The van der Waals surface area contributed by atoms with Crippen LogP contribution in [0.2, 0.25) is 0 Å². The van der Waals surface area contributed by atoms with Crippen LogP contribution in [0.15, 0.2) is 87.8 Å². The standard InChI is InChI=1S/C24H15N5O5S/c30-22(20-11-10-18(33-20)15-3-1-4-17(13-15)29(31)32)28-24(35)26-16-8-6-14(7-9-16)23-27-21-19(34-23)5-2-12-25-21/h1-13H,(H2,26,28,30,35). The first-order valence-electron chi connectivity index (χ1n) is 10.3. The van der Waals surface area contributed by atoms with E-state index in [2.05, 4.69) is 20.6 Å². The molecular weight excluding hydrogens is 470 g/mol. The molecule has 0 unspecified atom stereocenters. The molecule has 1 amide bonds. The third-order valence-electron chi connectivity index (χ3n) is 4.95. The number of nitro benzene ring substituents is 1. The monoisotopic (exact) mass is 485 g/mol. The SMILES string of the molecule is O=C(NC(=S)Nc1ccc(-c2nc3ncccc3o2)cc1)c1ccc(-c2cccc([N+](=O)[O-])c2)o1. The summed E-state index contributed by atoms with van der Waals surface area (Å²) in [5, 5.41) is 16.5. The van der Waals surface area contributed by atoms with Crippen molar-refractivity contribution < 1.29 is 18.6 Å². The number of nitrogens with one attached hydrogen (secondary N) is 2. The second kappa shape index (κ2) is 9.15. The molecule has 0 fully saturated rings. The zero-order chi connectivity index (χ0) is 24.4. The van der Waals surface area contributed by atoms with Crippen molar-refractivity contribution in [3.63, 3.8) is 0 Å². The van der Waals surface area contributed by atoms with Crippen LogP contribution in [-0.4, -0.2) is 25.9 Å². The van der Waals surface area contributed by atoms with Crippen LogP contribution in [0, 0.1) is 10.1 Å². The Morgan fingerprint density at radius 2 is 1.80 bits per heavy atom. The predicted octanol–water partition coefficient (Wildman–Crippen LogP) is 5.18. The number of amides is 1. The Bertz CT molecular complexity index is 1540. The van der Waals surface area contributed by atoms with Crippen LogP contribution >= 0.6 is 12.2 Å². The van der Waals surface area contributed by atoms with Gasteiger partial charge in [0, 0.05) is 35.1 Å². The summed E-state index contributed by atoms with van der Waals surface area (Å²) in [4.78, 5) is 31.5. The third kappa shape index (κ3) is 4.75. The second-order valence-electron chi connectivity index (χ2n) is 7.30. The van der Waals surface area contributed by atoms with E-state index in [1.54, 1.807) is 60.8 Å². The molecule has 11 heteroatoms. The summed E-state index contributed by atoms with van der Waals surface area (Å²) in [5.74, 6) is 0.214. The number of carbonyl (C=O) groups excluding carboxylic acids is 1. The zero-order valence-corrected chi connectivity index (χ0v) is 18.6. The number of carbonyl (C=O) groups is 1. The molecule has 35 heavy (non-hydrogen) atoms. The number of hydrogen-bond acceptors (Lipinski definition) is 8. The average molecular weight is 485 g/mol. The number of benzene rings is 2. The highest BCUT2D eigenvalue weighted by atomic mass is 32.1. The average Bonchev–Trinajstić information content (AvgIpc) is 3.52. The summed E-state index contributed by atoms with van der Waals surface area (Å²) in [6.45, 7) is 0. The maximum atomic E-state index is 12.5. The summed E-state index contributed by atoms with van der Waals surface area (Å²) in [6.07, 6.45) is 1.65. The first-order valence-corrected chi connectivity index (χ1v) is 10.7. The second-order valence-corrected chi connectivity index (χ2v) is 7.71. The molecule has 3 heterocycles. The Kier molecular flexibility index (Phi) is 5.73. The fourth-order valence-electron chi connectivity index (χ4n) is 3.30. The molecule has 5 rings (SSSR count). The highest BCUT2D eigenvalue weighted by molar-refractivity contribution is 7.80. The van der Waals surface area contributed by atoms with Gasteiger partial charge in [-0.05, 0) is 60.7 Å². The number of fused-ring (bicyclic) bond motifs is 1. The van der Waals surface area contributed by atoms with Crippen molar-refractivity contribution in [3.05, 3.63) is 94.9 Å². The molecule has 172 valence electrons. The first-order chi connectivity index (χ1) is 17.0.